The minimum Gasteiger partial charge on any atom is -0.368 e. The van der Waals surface area contributed by atoms with Gasteiger partial charge in [0.2, 0.25) is 5.96 Å². The smallest absolute Gasteiger partial charge is 0.220 e. The number of fused-ring (bicyclic) bond motifs is 3. The van der Waals surface area contributed by atoms with Crippen LogP contribution in [0.5, 0.6) is 0 Å². The van der Waals surface area contributed by atoms with E-state index in [4.69, 9.17) is 17.3 Å². The van der Waals surface area contributed by atoms with Crippen molar-refractivity contribution in [1.29, 1.82) is 0 Å². The predicted octanol–water partition coefficient (Wildman–Crippen LogP) is 3.64. The van der Waals surface area contributed by atoms with Gasteiger partial charge in [-0.15, -0.1) is 0 Å². The standard InChI is InChI=1S/C15H11ClN4S/c16-10-6-2-1-5-9(10)13-18-14(17)19-15-20(13)11-7-3-4-8-12(11)21-15/h1-8,13H,(H2,17,18)/t13-/m1/s1. The lowest BCUT2D eigenvalue weighted by Crippen LogP contribution is -2.35. The van der Waals surface area contributed by atoms with E-state index in [1.54, 1.807) is 11.8 Å². The van der Waals surface area contributed by atoms with Gasteiger partial charge in [-0.05, 0) is 30.0 Å². The monoisotopic (exact) mass is 314 g/mol. The maximum absolute atomic E-state index is 6.34. The van der Waals surface area contributed by atoms with Crippen LogP contribution in [0, 0.1) is 0 Å². The number of anilines is 1. The molecule has 6 heteroatoms. The Morgan fingerprint density at radius 2 is 1.86 bits per heavy atom. The molecule has 0 spiro atoms. The summed E-state index contributed by atoms with van der Waals surface area (Å²) in [7, 11) is 0. The Bertz CT molecular complexity index is 787. The molecular formula is C15H11ClN4S. The first kappa shape index (κ1) is 12.7. The average molecular weight is 315 g/mol. The van der Waals surface area contributed by atoms with Gasteiger partial charge >= 0.3 is 0 Å². The highest BCUT2D eigenvalue weighted by atomic mass is 35.5. The molecule has 2 aromatic carbocycles. The number of para-hydroxylation sites is 1. The first-order valence-corrected chi connectivity index (χ1v) is 7.66. The van der Waals surface area contributed by atoms with Gasteiger partial charge in [-0.3, -0.25) is 4.90 Å². The van der Waals surface area contributed by atoms with Gasteiger partial charge in [-0.25, -0.2) is 4.99 Å². The predicted molar refractivity (Wildman–Crippen MR) is 88.0 cm³/mol. The molecule has 2 aromatic rings. The zero-order chi connectivity index (χ0) is 14.4. The summed E-state index contributed by atoms with van der Waals surface area (Å²) in [6.45, 7) is 0. The van der Waals surface area contributed by atoms with E-state index in [1.165, 1.54) is 0 Å². The normalized spacial score (nSPS) is 19.7. The number of hydrogen-bond acceptors (Lipinski definition) is 5. The summed E-state index contributed by atoms with van der Waals surface area (Å²) in [6.07, 6.45) is -0.276. The third-order valence-electron chi connectivity index (χ3n) is 3.42. The molecule has 104 valence electrons. The molecule has 4 rings (SSSR count). The van der Waals surface area contributed by atoms with Crippen LogP contribution in [0.1, 0.15) is 11.7 Å². The number of benzene rings is 2. The van der Waals surface area contributed by atoms with Crippen molar-refractivity contribution in [2.24, 2.45) is 15.7 Å². The van der Waals surface area contributed by atoms with Crippen molar-refractivity contribution in [3.8, 4) is 0 Å². The maximum atomic E-state index is 6.34. The van der Waals surface area contributed by atoms with Crippen LogP contribution in [0.4, 0.5) is 5.69 Å². The molecule has 0 aliphatic carbocycles. The minimum atomic E-state index is -0.276. The largest absolute Gasteiger partial charge is 0.368 e. The van der Waals surface area contributed by atoms with E-state index in [-0.39, 0.29) is 12.1 Å². The van der Waals surface area contributed by atoms with Crippen LogP contribution < -0.4 is 10.6 Å². The van der Waals surface area contributed by atoms with Gasteiger partial charge in [-0.1, -0.05) is 41.9 Å². The van der Waals surface area contributed by atoms with Crippen molar-refractivity contribution in [3.05, 3.63) is 59.1 Å². The molecule has 21 heavy (non-hydrogen) atoms. The number of amidine groups is 1. The second-order valence-corrected chi connectivity index (χ2v) is 6.13. The summed E-state index contributed by atoms with van der Waals surface area (Å²) in [6, 6.07) is 15.8. The zero-order valence-corrected chi connectivity index (χ0v) is 12.5. The van der Waals surface area contributed by atoms with Crippen molar-refractivity contribution >= 4 is 40.2 Å². The summed E-state index contributed by atoms with van der Waals surface area (Å²) in [5.41, 5.74) is 7.89. The molecule has 0 aromatic heterocycles. The summed E-state index contributed by atoms with van der Waals surface area (Å²) < 4.78 is 0. The number of rotatable bonds is 1. The van der Waals surface area contributed by atoms with E-state index in [2.05, 4.69) is 27.0 Å². The SMILES string of the molecule is NC1=N[C@@H](c2ccccc2Cl)N2C(=N1)Sc1ccccc12. The number of hydrogen-bond donors (Lipinski definition) is 1. The Balaban J connectivity index is 1.88. The first-order chi connectivity index (χ1) is 10.2. The zero-order valence-electron chi connectivity index (χ0n) is 10.9. The van der Waals surface area contributed by atoms with Gasteiger partial charge in [0, 0.05) is 15.5 Å². The third kappa shape index (κ3) is 2.01. The van der Waals surface area contributed by atoms with Crippen LogP contribution in [0.15, 0.2) is 63.4 Å². The van der Waals surface area contributed by atoms with Crippen LogP contribution >= 0.6 is 23.4 Å². The molecule has 0 saturated carbocycles. The summed E-state index contributed by atoms with van der Waals surface area (Å²) >= 11 is 7.94. The number of nitrogens with two attached hydrogens (primary N) is 1. The van der Waals surface area contributed by atoms with Crippen LogP contribution in [-0.2, 0) is 0 Å². The van der Waals surface area contributed by atoms with Crippen LogP contribution in [0.2, 0.25) is 5.02 Å². The second-order valence-electron chi connectivity index (χ2n) is 4.72. The Morgan fingerprint density at radius 1 is 1.10 bits per heavy atom. The summed E-state index contributed by atoms with van der Waals surface area (Å²) in [5, 5.41) is 1.52. The van der Waals surface area contributed by atoms with Gasteiger partial charge in [0.15, 0.2) is 11.3 Å². The molecule has 0 amide bonds. The van der Waals surface area contributed by atoms with Crippen molar-refractivity contribution in [2.75, 3.05) is 4.90 Å². The van der Waals surface area contributed by atoms with E-state index < -0.39 is 0 Å². The lowest BCUT2D eigenvalue weighted by Gasteiger charge is -2.30. The molecule has 0 fully saturated rings. The van der Waals surface area contributed by atoms with E-state index in [0.717, 1.165) is 21.3 Å². The third-order valence-corrected chi connectivity index (χ3v) is 4.80. The number of guanidine groups is 1. The van der Waals surface area contributed by atoms with E-state index in [1.807, 2.05) is 36.4 Å². The Kier molecular flexibility index (Phi) is 2.90. The molecule has 2 N–H and O–H groups in total. The Morgan fingerprint density at radius 3 is 2.71 bits per heavy atom. The maximum Gasteiger partial charge on any atom is 0.220 e. The van der Waals surface area contributed by atoms with E-state index >= 15 is 0 Å². The van der Waals surface area contributed by atoms with E-state index in [0.29, 0.717) is 5.02 Å². The average Bonchev–Trinajstić information content (AvgIpc) is 2.85. The van der Waals surface area contributed by atoms with Crippen molar-refractivity contribution in [1.82, 2.24) is 0 Å². The molecule has 1 atom stereocenters. The Hall–Kier alpha value is -1.98. The second kappa shape index (κ2) is 4.79. The number of halogens is 1. The van der Waals surface area contributed by atoms with Crippen molar-refractivity contribution in [2.45, 2.75) is 11.1 Å². The molecule has 4 nitrogen and oxygen atoms in total. The van der Waals surface area contributed by atoms with Gasteiger partial charge in [0.05, 0.1) is 5.69 Å². The molecule has 0 saturated heterocycles. The van der Waals surface area contributed by atoms with Gasteiger partial charge in [0.25, 0.3) is 0 Å². The van der Waals surface area contributed by atoms with Gasteiger partial charge in [0.1, 0.15) is 0 Å². The Labute approximate surface area is 131 Å². The highest BCUT2D eigenvalue weighted by Gasteiger charge is 2.36. The highest BCUT2D eigenvalue weighted by Crippen LogP contribution is 2.46. The lowest BCUT2D eigenvalue weighted by molar-refractivity contribution is 0.745. The van der Waals surface area contributed by atoms with Crippen molar-refractivity contribution < 1.29 is 0 Å². The van der Waals surface area contributed by atoms with E-state index in [9.17, 15) is 0 Å². The lowest BCUT2D eigenvalue weighted by atomic mass is 10.1. The fourth-order valence-electron chi connectivity index (χ4n) is 2.51. The molecule has 2 aliphatic heterocycles. The molecular weight excluding hydrogens is 304 g/mol. The molecule has 0 radical (unpaired) electrons. The quantitative estimate of drug-likeness (QED) is 0.874. The van der Waals surface area contributed by atoms with Gasteiger partial charge in [-0.2, -0.15) is 4.99 Å². The van der Waals surface area contributed by atoms with Crippen molar-refractivity contribution in [3.63, 3.8) is 0 Å². The highest BCUT2D eigenvalue weighted by molar-refractivity contribution is 8.14. The molecule has 2 aliphatic rings. The van der Waals surface area contributed by atoms with Gasteiger partial charge < -0.3 is 5.73 Å². The number of aliphatic imine (C=N–C) groups is 2. The molecule has 0 unspecified atom stereocenters. The molecule has 2 heterocycles. The summed E-state index contributed by atoms with van der Waals surface area (Å²) in [5.74, 6) is 0.284. The van der Waals surface area contributed by atoms with Crippen LogP contribution in [-0.4, -0.2) is 11.1 Å². The topological polar surface area (TPSA) is 54.0 Å². The number of thioether (sulfide) groups is 1. The minimum absolute atomic E-state index is 0.276. The van der Waals surface area contributed by atoms with Crippen LogP contribution in [0.25, 0.3) is 0 Å². The van der Waals surface area contributed by atoms with Crippen LogP contribution in [0.3, 0.4) is 0 Å². The summed E-state index contributed by atoms with van der Waals surface area (Å²) in [4.78, 5) is 12.1. The fraction of sp³-hybridized carbons (Fsp3) is 0.0667. The first-order valence-electron chi connectivity index (χ1n) is 6.46. The fourth-order valence-corrected chi connectivity index (χ4v) is 3.79. The number of nitrogens with zero attached hydrogens (tertiary/aromatic N) is 3. The molecule has 0 bridgehead atoms.